The summed E-state index contributed by atoms with van der Waals surface area (Å²) in [5.74, 6) is 0. The van der Waals surface area contributed by atoms with Gasteiger partial charge in [0.15, 0.2) is 12.5 Å². The SMILES string of the molecule is CO[C@@H](C=O)N1CCCCC1. The van der Waals surface area contributed by atoms with Gasteiger partial charge in [-0.2, -0.15) is 0 Å². The van der Waals surface area contributed by atoms with Gasteiger partial charge in [0.25, 0.3) is 0 Å². The van der Waals surface area contributed by atoms with Crippen LogP contribution in [0.25, 0.3) is 0 Å². The van der Waals surface area contributed by atoms with E-state index in [0.717, 1.165) is 19.4 Å². The van der Waals surface area contributed by atoms with E-state index >= 15 is 0 Å². The second-order valence-corrected chi connectivity index (χ2v) is 2.86. The highest BCUT2D eigenvalue weighted by molar-refractivity contribution is 5.55. The van der Waals surface area contributed by atoms with Crippen molar-refractivity contribution in [2.45, 2.75) is 25.5 Å². The fourth-order valence-corrected chi connectivity index (χ4v) is 1.46. The summed E-state index contributed by atoms with van der Waals surface area (Å²) in [6.45, 7) is 1.99. The van der Waals surface area contributed by atoms with Gasteiger partial charge in [-0.15, -0.1) is 0 Å². The van der Waals surface area contributed by atoms with Crippen LogP contribution in [0, 0.1) is 0 Å². The number of nitrogens with zero attached hydrogens (tertiary/aromatic N) is 1. The first-order valence-corrected chi connectivity index (χ1v) is 4.10. The smallest absolute Gasteiger partial charge is 0.166 e. The Morgan fingerprint density at radius 2 is 2.00 bits per heavy atom. The summed E-state index contributed by atoms with van der Waals surface area (Å²) in [7, 11) is 1.58. The lowest BCUT2D eigenvalue weighted by Crippen LogP contribution is -2.41. The molecule has 0 aliphatic carbocycles. The van der Waals surface area contributed by atoms with Crippen molar-refractivity contribution in [3.05, 3.63) is 0 Å². The molecule has 0 aromatic carbocycles. The minimum atomic E-state index is -0.310. The number of methoxy groups -OCH3 is 1. The Hall–Kier alpha value is -0.410. The molecule has 3 nitrogen and oxygen atoms in total. The number of carbonyl (C=O) groups is 1. The lowest BCUT2D eigenvalue weighted by atomic mass is 10.1. The fourth-order valence-electron chi connectivity index (χ4n) is 1.46. The third kappa shape index (κ3) is 2.27. The lowest BCUT2D eigenvalue weighted by molar-refractivity contribution is -0.128. The Kier molecular flexibility index (Phi) is 3.52. The molecule has 1 fully saturated rings. The Morgan fingerprint density at radius 3 is 2.45 bits per heavy atom. The van der Waals surface area contributed by atoms with Crippen LogP contribution in [0.1, 0.15) is 19.3 Å². The monoisotopic (exact) mass is 157 g/mol. The molecule has 0 saturated carbocycles. The van der Waals surface area contributed by atoms with Gasteiger partial charge in [0.2, 0.25) is 0 Å². The third-order valence-electron chi connectivity index (χ3n) is 2.11. The first kappa shape index (κ1) is 8.68. The summed E-state index contributed by atoms with van der Waals surface area (Å²) in [5.41, 5.74) is 0. The molecule has 1 aliphatic rings. The Morgan fingerprint density at radius 1 is 1.36 bits per heavy atom. The van der Waals surface area contributed by atoms with Crippen LogP contribution in [-0.2, 0) is 9.53 Å². The van der Waals surface area contributed by atoms with Gasteiger partial charge in [-0.25, -0.2) is 0 Å². The summed E-state index contributed by atoms with van der Waals surface area (Å²) in [5, 5.41) is 0. The molecule has 0 unspecified atom stereocenters. The van der Waals surface area contributed by atoms with Crippen molar-refractivity contribution < 1.29 is 9.53 Å². The molecule has 1 rings (SSSR count). The van der Waals surface area contributed by atoms with Crippen molar-refractivity contribution in [2.24, 2.45) is 0 Å². The topological polar surface area (TPSA) is 29.5 Å². The zero-order valence-corrected chi connectivity index (χ0v) is 6.95. The van der Waals surface area contributed by atoms with Gasteiger partial charge in [0, 0.05) is 20.2 Å². The van der Waals surface area contributed by atoms with Crippen LogP contribution in [0.2, 0.25) is 0 Å². The van der Waals surface area contributed by atoms with Crippen LogP contribution >= 0.6 is 0 Å². The normalized spacial score (nSPS) is 23.0. The molecule has 64 valence electrons. The average molecular weight is 157 g/mol. The van der Waals surface area contributed by atoms with Crippen molar-refractivity contribution in [1.29, 1.82) is 0 Å². The molecule has 1 aliphatic heterocycles. The second kappa shape index (κ2) is 4.46. The van der Waals surface area contributed by atoms with E-state index in [1.54, 1.807) is 7.11 Å². The molecule has 0 radical (unpaired) electrons. The molecule has 1 atom stereocenters. The van der Waals surface area contributed by atoms with Crippen molar-refractivity contribution in [2.75, 3.05) is 20.2 Å². The number of piperidine rings is 1. The van der Waals surface area contributed by atoms with Gasteiger partial charge < -0.3 is 4.74 Å². The number of aldehydes is 1. The number of rotatable bonds is 3. The molecule has 1 heterocycles. The van der Waals surface area contributed by atoms with E-state index in [2.05, 4.69) is 4.90 Å². The van der Waals surface area contributed by atoms with E-state index in [4.69, 9.17) is 4.74 Å². The number of ether oxygens (including phenoxy) is 1. The standard InChI is InChI=1S/C8H15NO2/c1-11-8(7-10)9-5-3-2-4-6-9/h7-8H,2-6H2,1H3/t8-/m0/s1. The number of hydrogen-bond donors (Lipinski definition) is 0. The maximum absolute atomic E-state index is 10.5. The highest BCUT2D eigenvalue weighted by Crippen LogP contribution is 2.11. The van der Waals surface area contributed by atoms with Crippen LogP contribution in [0.15, 0.2) is 0 Å². The second-order valence-electron chi connectivity index (χ2n) is 2.86. The van der Waals surface area contributed by atoms with Crippen LogP contribution in [-0.4, -0.2) is 37.6 Å². The van der Waals surface area contributed by atoms with Gasteiger partial charge >= 0.3 is 0 Å². The Balaban J connectivity index is 2.35. The van der Waals surface area contributed by atoms with Gasteiger partial charge in [0.05, 0.1) is 0 Å². The van der Waals surface area contributed by atoms with Gasteiger partial charge in [0.1, 0.15) is 0 Å². The van der Waals surface area contributed by atoms with Crippen molar-refractivity contribution in [1.82, 2.24) is 4.90 Å². The van der Waals surface area contributed by atoms with E-state index in [0.29, 0.717) is 0 Å². The maximum Gasteiger partial charge on any atom is 0.166 e. The van der Waals surface area contributed by atoms with Crippen molar-refractivity contribution in [3.8, 4) is 0 Å². The van der Waals surface area contributed by atoms with Crippen molar-refractivity contribution >= 4 is 6.29 Å². The zero-order chi connectivity index (χ0) is 8.10. The average Bonchev–Trinajstić information content (AvgIpc) is 2.09. The lowest BCUT2D eigenvalue weighted by Gasteiger charge is -2.29. The molecule has 3 heteroatoms. The quantitative estimate of drug-likeness (QED) is 0.563. The van der Waals surface area contributed by atoms with E-state index in [9.17, 15) is 4.79 Å². The van der Waals surface area contributed by atoms with Crippen LogP contribution in [0.5, 0.6) is 0 Å². The van der Waals surface area contributed by atoms with E-state index in [1.807, 2.05) is 0 Å². The molecule has 0 bridgehead atoms. The summed E-state index contributed by atoms with van der Waals surface area (Å²) < 4.78 is 5.00. The largest absolute Gasteiger partial charge is 0.359 e. The first-order chi connectivity index (χ1) is 5.38. The van der Waals surface area contributed by atoms with Crippen LogP contribution in [0.4, 0.5) is 0 Å². The summed E-state index contributed by atoms with van der Waals surface area (Å²) in [6, 6.07) is 0. The number of carbonyl (C=O) groups excluding carboxylic acids is 1. The third-order valence-corrected chi connectivity index (χ3v) is 2.11. The summed E-state index contributed by atoms with van der Waals surface area (Å²) >= 11 is 0. The molecule has 0 aromatic rings. The minimum absolute atomic E-state index is 0.310. The predicted molar refractivity (Wildman–Crippen MR) is 42.3 cm³/mol. The van der Waals surface area contributed by atoms with Gasteiger partial charge in [-0.05, 0) is 12.8 Å². The first-order valence-electron chi connectivity index (χ1n) is 4.10. The molecule has 0 aromatic heterocycles. The Bertz CT molecular complexity index is 121. The van der Waals surface area contributed by atoms with Crippen LogP contribution < -0.4 is 0 Å². The van der Waals surface area contributed by atoms with Crippen molar-refractivity contribution in [3.63, 3.8) is 0 Å². The van der Waals surface area contributed by atoms with Gasteiger partial charge in [-0.1, -0.05) is 6.42 Å². The molecule has 11 heavy (non-hydrogen) atoms. The molecule has 0 N–H and O–H groups in total. The van der Waals surface area contributed by atoms with E-state index in [-0.39, 0.29) is 6.23 Å². The van der Waals surface area contributed by atoms with E-state index < -0.39 is 0 Å². The molecule has 1 saturated heterocycles. The highest BCUT2D eigenvalue weighted by atomic mass is 16.5. The van der Waals surface area contributed by atoms with Gasteiger partial charge in [-0.3, -0.25) is 9.69 Å². The van der Waals surface area contributed by atoms with Crippen LogP contribution in [0.3, 0.4) is 0 Å². The fraction of sp³-hybridized carbons (Fsp3) is 0.875. The molecule has 0 spiro atoms. The molecular formula is C8H15NO2. The number of hydrogen-bond acceptors (Lipinski definition) is 3. The minimum Gasteiger partial charge on any atom is -0.359 e. The highest BCUT2D eigenvalue weighted by Gasteiger charge is 2.18. The summed E-state index contributed by atoms with van der Waals surface area (Å²) in [6.07, 6.45) is 4.22. The zero-order valence-electron chi connectivity index (χ0n) is 6.95. The predicted octanol–water partition coefficient (Wildman–Crippen LogP) is 0.644. The number of likely N-dealkylation sites (tertiary alicyclic amines) is 1. The molecule has 0 amide bonds. The maximum atomic E-state index is 10.5. The summed E-state index contributed by atoms with van der Waals surface area (Å²) in [4.78, 5) is 12.5. The Labute approximate surface area is 67.3 Å². The molecular weight excluding hydrogens is 142 g/mol. The van der Waals surface area contributed by atoms with E-state index in [1.165, 1.54) is 19.3 Å².